The molecular weight excluding hydrogens is 346 g/mol. The molecule has 152 valence electrons. The molecule has 0 unspecified atom stereocenters. The van der Waals surface area contributed by atoms with Gasteiger partial charge in [0.25, 0.3) is 0 Å². The number of carboxylic acids is 1. The van der Waals surface area contributed by atoms with E-state index in [0.717, 1.165) is 56.4 Å². The van der Waals surface area contributed by atoms with Gasteiger partial charge >= 0.3 is 5.97 Å². The van der Waals surface area contributed by atoms with Crippen LogP contribution in [0, 0.1) is 17.6 Å². The van der Waals surface area contributed by atoms with E-state index in [-0.39, 0.29) is 5.92 Å². The highest BCUT2D eigenvalue weighted by atomic mass is 19.2. The first-order chi connectivity index (χ1) is 13.0. The molecule has 27 heavy (non-hydrogen) atoms. The van der Waals surface area contributed by atoms with E-state index < -0.39 is 23.2 Å². The summed E-state index contributed by atoms with van der Waals surface area (Å²) >= 11 is 0. The number of carbonyl (C=O) groups is 1. The summed E-state index contributed by atoms with van der Waals surface area (Å²) in [5.41, 5.74) is 0.640. The van der Waals surface area contributed by atoms with Gasteiger partial charge in [0.2, 0.25) is 0 Å². The monoisotopic (exact) mass is 380 g/mol. The standard InChI is InChI=1S/C23H34F2O2/c1-3-5-7-9-16-11-13-17(14-12-16)19-15-20(23(26)27)22(25)21(24)18(19)10-8-6-4-2/h15-17H,3-14H2,1-2H3,(H,26,27). The van der Waals surface area contributed by atoms with Crippen molar-refractivity contribution in [3.63, 3.8) is 0 Å². The van der Waals surface area contributed by atoms with Gasteiger partial charge in [-0.1, -0.05) is 52.4 Å². The van der Waals surface area contributed by atoms with Gasteiger partial charge < -0.3 is 5.11 Å². The Morgan fingerprint density at radius 1 is 1.00 bits per heavy atom. The molecule has 0 heterocycles. The molecule has 2 rings (SSSR count). The Hall–Kier alpha value is -1.45. The molecule has 1 aromatic rings. The summed E-state index contributed by atoms with van der Waals surface area (Å²) in [6, 6.07) is 1.42. The first-order valence-corrected chi connectivity index (χ1v) is 10.7. The first kappa shape index (κ1) is 21.8. The minimum atomic E-state index is -1.39. The maximum absolute atomic E-state index is 14.7. The predicted molar refractivity (Wildman–Crippen MR) is 105 cm³/mol. The molecule has 1 fully saturated rings. The maximum Gasteiger partial charge on any atom is 0.338 e. The number of halogens is 2. The van der Waals surface area contributed by atoms with Gasteiger partial charge in [0, 0.05) is 0 Å². The molecule has 1 aliphatic rings. The Balaban J connectivity index is 2.19. The Bertz CT molecular complexity index is 619. The van der Waals surface area contributed by atoms with Gasteiger partial charge in [-0.2, -0.15) is 0 Å². The minimum absolute atomic E-state index is 0.150. The summed E-state index contributed by atoms with van der Waals surface area (Å²) < 4.78 is 29.0. The number of hydrogen-bond acceptors (Lipinski definition) is 1. The summed E-state index contributed by atoms with van der Waals surface area (Å²) in [4.78, 5) is 11.4. The van der Waals surface area contributed by atoms with E-state index in [1.54, 1.807) is 0 Å². The van der Waals surface area contributed by atoms with Crippen molar-refractivity contribution in [1.29, 1.82) is 0 Å². The molecular formula is C23H34F2O2. The fourth-order valence-electron chi connectivity index (χ4n) is 4.45. The van der Waals surface area contributed by atoms with Gasteiger partial charge in [-0.15, -0.1) is 0 Å². The maximum atomic E-state index is 14.7. The van der Waals surface area contributed by atoms with Gasteiger partial charge in [-0.3, -0.25) is 0 Å². The molecule has 0 aliphatic heterocycles. The summed E-state index contributed by atoms with van der Waals surface area (Å²) in [5.74, 6) is -2.66. The summed E-state index contributed by atoms with van der Waals surface area (Å²) in [5, 5.41) is 9.27. The second kappa shape index (κ2) is 10.8. The zero-order valence-corrected chi connectivity index (χ0v) is 16.8. The molecule has 1 aromatic carbocycles. The first-order valence-electron chi connectivity index (χ1n) is 10.7. The van der Waals surface area contributed by atoms with E-state index in [1.165, 1.54) is 31.7 Å². The molecule has 1 aliphatic carbocycles. The van der Waals surface area contributed by atoms with Crippen LogP contribution < -0.4 is 0 Å². The van der Waals surface area contributed by atoms with Crippen molar-refractivity contribution < 1.29 is 18.7 Å². The van der Waals surface area contributed by atoms with E-state index in [1.807, 2.05) is 0 Å². The topological polar surface area (TPSA) is 37.3 Å². The van der Waals surface area contributed by atoms with Crippen LogP contribution >= 0.6 is 0 Å². The Kier molecular flexibility index (Phi) is 8.72. The molecule has 0 spiro atoms. The number of benzene rings is 1. The van der Waals surface area contributed by atoms with Gasteiger partial charge in [0.05, 0.1) is 5.56 Å². The van der Waals surface area contributed by atoms with E-state index >= 15 is 0 Å². The SMILES string of the molecule is CCCCCc1c(C2CCC(CCCCC)CC2)cc(C(=O)O)c(F)c1F. The van der Waals surface area contributed by atoms with Crippen molar-refractivity contribution in [2.24, 2.45) is 5.92 Å². The second-order valence-corrected chi connectivity index (χ2v) is 8.10. The Morgan fingerprint density at radius 3 is 2.22 bits per heavy atom. The largest absolute Gasteiger partial charge is 0.478 e. The zero-order valence-electron chi connectivity index (χ0n) is 16.8. The van der Waals surface area contributed by atoms with Crippen molar-refractivity contribution in [2.75, 3.05) is 0 Å². The quantitative estimate of drug-likeness (QED) is 0.434. The lowest BCUT2D eigenvalue weighted by Crippen LogP contribution is -2.17. The predicted octanol–water partition coefficient (Wildman–Crippen LogP) is 7.25. The van der Waals surface area contributed by atoms with Crippen molar-refractivity contribution in [2.45, 2.75) is 96.8 Å². The molecule has 1 saturated carbocycles. The lowest BCUT2D eigenvalue weighted by Gasteiger charge is -2.30. The molecule has 0 amide bonds. The molecule has 0 aromatic heterocycles. The van der Waals surface area contributed by atoms with Crippen molar-refractivity contribution >= 4 is 5.97 Å². The molecule has 4 heteroatoms. The van der Waals surface area contributed by atoms with Crippen LogP contribution in [0.5, 0.6) is 0 Å². The molecule has 0 bridgehead atoms. The summed E-state index contributed by atoms with van der Waals surface area (Å²) in [6.07, 6.45) is 12.4. The van der Waals surface area contributed by atoms with Gasteiger partial charge in [-0.25, -0.2) is 13.6 Å². The smallest absolute Gasteiger partial charge is 0.338 e. The van der Waals surface area contributed by atoms with E-state index in [4.69, 9.17) is 0 Å². The third-order valence-electron chi connectivity index (χ3n) is 6.11. The van der Waals surface area contributed by atoms with E-state index in [0.29, 0.717) is 12.0 Å². The highest BCUT2D eigenvalue weighted by molar-refractivity contribution is 5.88. The number of rotatable bonds is 10. The second-order valence-electron chi connectivity index (χ2n) is 8.10. The van der Waals surface area contributed by atoms with Crippen molar-refractivity contribution in [3.8, 4) is 0 Å². The highest BCUT2D eigenvalue weighted by Crippen LogP contribution is 2.40. The van der Waals surface area contributed by atoms with Crippen LogP contribution in [0.2, 0.25) is 0 Å². The van der Waals surface area contributed by atoms with Crippen LogP contribution in [-0.2, 0) is 6.42 Å². The van der Waals surface area contributed by atoms with Crippen LogP contribution in [0.25, 0.3) is 0 Å². The lowest BCUT2D eigenvalue weighted by atomic mass is 9.75. The summed E-state index contributed by atoms with van der Waals surface area (Å²) in [7, 11) is 0. The third-order valence-corrected chi connectivity index (χ3v) is 6.11. The van der Waals surface area contributed by atoms with Gasteiger partial charge in [0.15, 0.2) is 11.6 Å². The lowest BCUT2D eigenvalue weighted by molar-refractivity contribution is 0.0690. The van der Waals surface area contributed by atoms with Crippen molar-refractivity contribution in [1.82, 2.24) is 0 Å². The molecule has 2 nitrogen and oxygen atoms in total. The fraction of sp³-hybridized carbons (Fsp3) is 0.696. The molecule has 0 atom stereocenters. The van der Waals surface area contributed by atoms with Crippen molar-refractivity contribution in [3.05, 3.63) is 34.4 Å². The minimum Gasteiger partial charge on any atom is -0.478 e. The zero-order chi connectivity index (χ0) is 19.8. The molecule has 0 saturated heterocycles. The van der Waals surface area contributed by atoms with Crippen LogP contribution in [-0.4, -0.2) is 11.1 Å². The molecule has 0 radical (unpaired) electrons. The normalized spacial score (nSPS) is 20.0. The number of aromatic carboxylic acids is 1. The summed E-state index contributed by atoms with van der Waals surface area (Å²) in [6.45, 7) is 4.28. The van der Waals surface area contributed by atoms with Crippen LogP contribution in [0.15, 0.2) is 6.07 Å². The Labute approximate surface area is 162 Å². The van der Waals surface area contributed by atoms with Gasteiger partial charge in [-0.05, 0) is 67.6 Å². The van der Waals surface area contributed by atoms with E-state index in [9.17, 15) is 18.7 Å². The van der Waals surface area contributed by atoms with Crippen LogP contribution in [0.4, 0.5) is 8.78 Å². The average molecular weight is 381 g/mol. The highest BCUT2D eigenvalue weighted by Gasteiger charge is 2.28. The van der Waals surface area contributed by atoms with Crippen LogP contribution in [0.3, 0.4) is 0 Å². The number of hydrogen-bond donors (Lipinski definition) is 1. The Morgan fingerprint density at radius 2 is 1.63 bits per heavy atom. The number of unbranched alkanes of at least 4 members (excludes halogenated alkanes) is 4. The third kappa shape index (κ3) is 5.76. The fourth-order valence-corrected chi connectivity index (χ4v) is 4.45. The van der Waals surface area contributed by atoms with E-state index in [2.05, 4.69) is 13.8 Å². The molecule has 1 N–H and O–H groups in total. The average Bonchev–Trinajstić information content (AvgIpc) is 2.66. The van der Waals surface area contributed by atoms with Gasteiger partial charge in [0.1, 0.15) is 0 Å². The number of carboxylic acid groups (broad SMARTS) is 1. The van der Waals surface area contributed by atoms with Crippen LogP contribution in [0.1, 0.15) is 112 Å².